The molecular formula is C13H11BrN2O3S. The number of hydrogen-bond donors (Lipinski definition) is 2. The van der Waals surface area contributed by atoms with Crippen LogP contribution in [0.4, 0.5) is 0 Å². The highest BCUT2D eigenvalue weighted by Gasteiger charge is 2.11. The zero-order chi connectivity index (χ0) is 14.6. The minimum atomic E-state index is -3.69. The number of nitrogens with one attached hydrogen (secondary N) is 1. The maximum absolute atomic E-state index is 11.9. The van der Waals surface area contributed by atoms with E-state index in [-0.39, 0.29) is 10.6 Å². The van der Waals surface area contributed by atoms with Crippen molar-refractivity contribution in [3.05, 3.63) is 58.6 Å². The molecule has 0 spiro atoms. The van der Waals surface area contributed by atoms with E-state index >= 15 is 0 Å². The van der Waals surface area contributed by atoms with Gasteiger partial charge >= 0.3 is 0 Å². The maximum Gasteiger partial charge on any atom is 0.276 e. The summed E-state index contributed by atoms with van der Waals surface area (Å²) in [4.78, 5) is 2.21. The summed E-state index contributed by atoms with van der Waals surface area (Å²) in [6, 6.07) is 12.7. The topological polar surface area (TPSA) is 78.8 Å². The summed E-state index contributed by atoms with van der Waals surface area (Å²) in [5.74, 6) is 0.0101. The molecule has 0 fully saturated rings. The number of phenols is 1. The molecule has 2 aromatic rings. The van der Waals surface area contributed by atoms with Crippen molar-refractivity contribution in [3.63, 3.8) is 0 Å². The molecule has 104 valence electrons. The second-order valence-electron chi connectivity index (χ2n) is 3.87. The van der Waals surface area contributed by atoms with Gasteiger partial charge in [-0.15, -0.1) is 0 Å². The first-order valence-corrected chi connectivity index (χ1v) is 7.85. The standard InChI is InChI=1S/C13H11BrN2O3S/c14-11-6-7-13(17)10(8-11)9-15-16-20(18,19)12-4-2-1-3-5-12/h1-9,16-17H/b15-9+. The summed E-state index contributed by atoms with van der Waals surface area (Å²) in [7, 11) is -3.69. The van der Waals surface area contributed by atoms with Crippen molar-refractivity contribution < 1.29 is 13.5 Å². The van der Waals surface area contributed by atoms with E-state index in [2.05, 4.69) is 25.9 Å². The molecule has 0 saturated carbocycles. The van der Waals surface area contributed by atoms with Gasteiger partial charge in [0.2, 0.25) is 0 Å². The number of rotatable bonds is 4. The van der Waals surface area contributed by atoms with Crippen LogP contribution in [0.1, 0.15) is 5.56 Å². The molecule has 0 aliphatic rings. The number of benzene rings is 2. The molecule has 0 radical (unpaired) electrons. The number of phenolic OH excluding ortho intramolecular Hbond substituents is 1. The molecule has 2 aromatic carbocycles. The van der Waals surface area contributed by atoms with Crippen molar-refractivity contribution in [1.82, 2.24) is 4.83 Å². The second-order valence-corrected chi connectivity index (χ2v) is 6.45. The molecule has 0 aliphatic carbocycles. The molecule has 0 saturated heterocycles. The Morgan fingerprint density at radius 1 is 1.15 bits per heavy atom. The van der Waals surface area contributed by atoms with Gasteiger partial charge in [0, 0.05) is 10.0 Å². The van der Waals surface area contributed by atoms with Gasteiger partial charge in [0.15, 0.2) is 0 Å². The van der Waals surface area contributed by atoms with Crippen LogP contribution >= 0.6 is 15.9 Å². The molecule has 2 rings (SSSR count). The molecule has 5 nitrogen and oxygen atoms in total. The fourth-order valence-electron chi connectivity index (χ4n) is 1.45. The summed E-state index contributed by atoms with van der Waals surface area (Å²) in [5.41, 5.74) is 0.398. The molecule has 2 N–H and O–H groups in total. The van der Waals surface area contributed by atoms with Crippen LogP contribution in [0.5, 0.6) is 5.75 Å². The molecule has 0 aliphatic heterocycles. The van der Waals surface area contributed by atoms with Gasteiger partial charge in [0.05, 0.1) is 11.1 Å². The molecule has 0 bridgehead atoms. The number of sulfonamides is 1. The van der Waals surface area contributed by atoms with E-state index in [9.17, 15) is 13.5 Å². The van der Waals surface area contributed by atoms with Gasteiger partial charge < -0.3 is 5.11 Å². The molecule has 0 atom stereocenters. The highest BCUT2D eigenvalue weighted by molar-refractivity contribution is 9.10. The fraction of sp³-hybridized carbons (Fsp3) is 0. The Bertz CT molecular complexity index is 731. The third-order valence-corrected chi connectivity index (χ3v) is 4.15. The molecule has 0 aromatic heterocycles. The van der Waals surface area contributed by atoms with Crippen molar-refractivity contribution in [2.75, 3.05) is 0 Å². The van der Waals surface area contributed by atoms with Gasteiger partial charge in [-0.1, -0.05) is 34.1 Å². The van der Waals surface area contributed by atoms with Gasteiger partial charge in [-0.2, -0.15) is 13.5 Å². The third-order valence-electron chi connectivity index (χ3n) is 2.42. The van der Waals surface area contributed by atoms with Gasteiger partial charge in [0.25, 0.3) is 10.0 Å². The van der Waals surface area contributed by atoms with Crippen LogP contribution in [0.2, 0.25) is 0 Å². The number of hydrogen-bond acceptors (Lipinski definition) is 4. The number of halogens is 1. The van der Waals surface area contributed by atoms with Crippen LogP contribution in [0.15, 0.2) is 63.0 Å². The van der Waals surface area contributed by atoms with Crippen LogP contribution in [0.3, 0.4) is 0 Å². The summed E-state index contributed by atoms with van der Waals surface area (Å²) in [5, 5.41) is 13.2. The van der Waals surface area contributed by atoms with E-state index in [0.717, 1.165) is 4.47 Å². The SMILES string of the molecule is O=S(=O)(N/N=C/c1cc(Br)ccc1O)c1ccccc1. The predicted octanol–water partition coefficient (Wildman–Crippen LogP) is 2.47. The molecule has 7 heteroatoms. The Balaban J connectivity index is 2.16. The second kappa shape index (κ2) is 6.06. The van der Waals surface area contributed by atoms with Gasteiger partial charge in [-0.05, 0) is 30.3 Å². The Hall–Kier alpha value is -1.86. The van der Waals surface area contributed by atoms with Crippen LogP contribution < -0.4 is 4.83 Å². The Kier molecular flexibility index (Phi) is 4.41. The van der Waals surface area contributed by atoms with E-state index in [0.29, 0.717) is 5.56 Å². The third kappa shape index (κ3) is 3.58. The first-order chi connectivity index (χ1) is 9.49. The Morgan fingerprint density at radius 3 is 2.55 bits per heavy atom. The lowest BCUT2D eigenvalue weighted by Gasteiger charge is -2.03. The summed E-state index contributed by atoms with van der Waals surface area (Å²) in [6.45, 7) is 0. The van der Waals surface area contributed by atoms with Gasteiger partial charge in [0.1, 0.15) is 5.75 Å². The van der Waals surface area contributed by atoms with E-state index in [1.165, 1.54) is 24.4 Å². The maximum atomic E-state index is 11.9. The van der Waals surface area contributed by atoms with Crippen LogP contribution in [0, 0.1) is 0 Å². The quantitative estimate of drug-likeness (QED) is 0.653. The lowest BCUT2D eigenvalue weighted by molar-refractivity contribution is 0.474. The van der Waals surface area contributed by atoms with Crippen molar-refractivity contribution in [2.24, 2.45) is 5.10 Å². The average molecular weight is 355 g/mol. The van der Waals surface area contributed by atoms with Crippen LogP contribution in [0.25, 0.3) is 0 Å². The lowest BCUT2D eigenvalue weighted by atomic mass is 10.2. The zero-order valence-electron chi connectivity index (χ0n) is 10.2. The van der Waals surface area contributed by atoms with E-state index in [4.69, 9.17) is 0 Å². The van der Waals surface area contributed by atoms with E-state index in [1.807, 2.05) is 0 Å². The lowest BCUT2D eigenvalue weighted by Crippen LogP contribution is -2.18. The molecular weight excluding hydrogens is 344 g/mol. The normalized spacial score (nSPS) is 11.7. The first kappa shape index (κ1) is 14.5. The molecule has 0 unspecified atom stereocenters. The Labute approximate surface area is 125 Å². The summed E-state index contributed by atoms with van der Waals surface area (Å²) in [6.07, 6.45) is 1.24. The minimum absolute atomic E-state index is 0.0101. The highest BCUT2D eigenvalue weighted by Crippen LogP contribution is 2.20. The van der Waals surface area contributed by atoms with Crippen molar-refractivity contribution in [3.8, 4) is 5.75 Å². The minimum Gasteiger partial charge on any atom is -0.507 e. The van der Waals surface area contributed by atoms with Gasteiger partial charge in [-0.3, -0.25) is 0 Å². The number of aromatic hydroxyl groups is 1. The van der Waals surface area contributed by atoms with Crippen LogP contribution in [-0.4, -0.2) is 19.7 Å². The monoisotopic (exact) mass is 354 g/mol. The van der Waals surface area contributed by atoms with Crippen molar-refractivity contribution in [1.29, 1.82) is 0 Å². The highest BCUT2D eigenvalue weighted by atomic mass is 79.9. The summed E-state index contributed by atoms with van der Waals surface area (Å²) >= 11 is 3.25. The zero-order valence-corrected chi connectivity index (χ0v) is 12.6. The van der Waals surface area contributed by atoms with Crippen molar-refractivity contribution in [2.45, 2.75) is 4.90 Å². The first-order valence-electron chi connectivity index (χ1n) is 5.57. The Morgan fingerprint density at radius 2 is 1.85 bits per heavy atom. The largest absolute Gasteiger partial charge is 0.507 e. The number of hydrazone groups is 1. The fourth-order valence-corrected chi connectivity index (χ4v) is 2.64. The predicted molar refractivity (Wildman–Crippen MR) is 80.2 cm³/mol. The van der Waals surface area contributed by atoms with Crippen LogP contribution in [-0.2, 0) is 10.0 Å². The van der Waals surface area contributed by atoms with E-state index in [1.54, 1.807) is 30.3 Å². The summed E-state index contributed by atoms with van der Waals surface area (Å²) < 4.78 is 24.5. The van der Waals surface area contributed by atoms with Gasteiger partial charge in [-0.25, -0.2) is 4.83 Å². The molecule has 20 heavy (non-hydrogen) atoms. The van der Waals surface area contributed by atoms with Crippen molar-refractivity contribution >= 4 is 32.2 Å². The number of nitrogens with zero attached hydrogens (tertiary/aromatic N) is 1. The average Bonchev–Trinajstić information content (AvgIpc) is 2.43. The smallest absolute Gasteiger partial charge is 0.276 e. The molecule has 0 amide bonds. The van der Waals surface area contributed by atoms with E-state index < -0.39 is 10.0 Å². The molecule has 0 heterocycles.